The summed E-state index contributed by atoms with van der Waals surface area (Å²) >= 11 is 5.80. The van der Waals surface area contributed by atoms with Gasteiger partial charge in [0.05, 0.1) is 12.5 Å². The predicted molar refractivity (Wildman–Crippen MR) is 80.3 cm³/mol. The number of hydrogen-bond acceptors (Lipinski definition) is 2. The molecule has 0 bridgehead atoms. The molecule has 0 aromatic heterocycles. The number of carbonyl (C=O) groups excluding carboxylic acids is 1. The van der Waals surface area contributed by atoms with Crippen LogP contribution in [0.3, 0.4) is 0 Å². The third-order valence-electron chi connectivity index (χ3n) is 3.04. The summed E-state index contributed by atoms with van der Waals surface area (Å²) < 4.78 is 13.2. The Hall–Kier alpha value is -2.40. The summed E-state index contributed by atoms with van der Waals surface area (Å²) in [6.45, 7) is 0. The van der Waals surface area contributed by atoms with Crippen LogP contribution in [0.1, 0.15) is 28.4 Å². The van der Waals surface area contributed by atoms with Crippen LogP contribution in [-0.4, -0.2) is 17.0 Å². The van der Waals surface area contributed by atoms with Gasteiger partial charge < -0.3 is 10.4 Å². The van der Waals surface area contributed by atoms with Crippen LogP contribution < -0.4 is 5.32 Å². The van der Waals surface area contributed by atoms with Crippen LogP contribution in [0.5, 0.6) is 0 Å². The Morgan fingerprint density at radius 1 is 1.18 bits per heavy atom. The molecule has 0 saturated carbocycles. The molecule has 0 fully saturated rings. The van der Waals surface area contributed by atoms with E-state index in [1.54, 1.807) is 24.3 Å². The molecule has 2 rings (SSSR count). The van der Waals surface area contributed by atoms with E-state index in [2.05, 4.69) is 5.32 Å². The topological polar surface area (TPSA) is 66.4 Å². The molecular weight excluding hydrogens is 309 g/mol. The number of carbonyl (C=O) groups is 2. The maximum atomic E-state index is 13.2. The number of nitrogens with one attached hydrogen (secondary N) is 1. The van der Waals surface area contributed by atoms with Crippen LogP contribution >= 0.6 is 11.6 Å². The molecule has 1 amide bonds. The highest BCUT2D eigenvalue weighted by molar-refractivity contribution is 6.30. The summed E-state index contributed by atoms with van der Waals surface area (Å²) in [5, 5.41) is 12.1. The van der Waals surface area contributed by atoms with Crippen molar-refractivity contribution in [2.24, 2.45) is 0 Å². The number of amides is 1. The standard InChI is InChI=1S/C16H13ClFNO3/c17-12-6-4-10(5-7-12)14(9-15(20)21)19-16(22)11-2-1-3-13(18)8-11/h1-8,14H,9H2,(H,19,22)(H,20,21)/t14-/m1/s1. The quantitative estimate of drug-likeness (QED) is 0.886. The van der Waals surface area contributed by atoms with Crippen molar-refractivity contribution in [2.75, 3.05) is 0 Å². The first-order chi connectivity index (χ1) is 10.5. The van der Waals surface area contributed by atoms with E-state index in [-0.39, 0.29) is 12.0 Å². The highest BCUT2D eigenvalue weighted by Gasteiger charge is 2.19. The molecule has 0 saturated heterocycles. The molecule has 2 aromatic rings. The third kappa shape index (κ3) is 4.30. The molecule has 114 valence electrons. The highest BCUT2D eigenvalue weighted by atomic mass is 35.5. The van der Waals surface area contributed by atoms with Gasteiger partial charge in [0.2, 0.25) is 0 Å². The van der Waals surface area contributed by atoms with E-state index < -0.39 is 23.7 Å². The molecule has 0 aliphatic carbocycles. The van der Waals surface area contributed by atoms with E-state index in [0.29, 0.717) is 10.6 Å². The number of hydrogen-bond donors (Lipinski definition) is 2. The number of aliphatic carboxylic acids is 1. The summed E-state index contributed by atoms with van der Waals surface area (Å²) in [6.07, 6.45) is -0.289. The van der Waals surface area contributed by atoms with Gasteiger partial charge in [0.15, 0.2) is 0 Å². The Morgan fingerprint density at radius 3 is 2.45 bits per heavy atom. The van der Waals surface area contributed by atoms with Gasteiger partial charge in [0.1, 0.15) is 5.82 Å². The fourth-order valence-corrected chi connectivity index (χ4v) is 2.12. The Labute approximate surface area is 131 Å². The van der Waals surface area contributed by atoms with Gasteiger partial charge in [-0.2, -0.15) is 0 Å². The molecule has 4 nitrogen and oxygen atoms in total. The maximum Gasteiger partial charge on any atom is 0.305 e. The van der Waals surface area contributed by atoms with Crippen molar-refractivity contribution in [3.05, 3.63) is 70.5 Å². The number of benzene rings is 2. The third-order valence-corrected chi connectivity index (χ3v) is 3.30. The van der Waals surface area contributed by atoms with Crippen molar-refractivity contribution in [3.8, 4) is 0 Å². The van der Waals surface area contributed by atoms with Crippen molar-refractivity contribution in [3.63, 3.8) is 0 Å². The molecule has 0 aliphatic rings. The lowest BCUT2D eigenvalue weighted by molar-refractivity contribution is -0.137. The van der Waals surface area contributed by atoms with Crippen LogP contribution in [0, 0.1) is 5.82 Å². The van der Waals surface area contributed by atoms with Crippen molar-refractivity contribution >= 4 is 23.5 Å². The minimum Gasteiger partial charge on any atom is -0.481 e. The molecule has 1 atom stereocenters. The smallest absolute Gasteiger partial charge is 0.305 e. The predicted octanol–water partition coefficient (Wildman–Crippen LogP) is 3.42. The van der Waals surface area contributed by atoms with Gasteiger partial charge in [-0.15, -0.1) is 0 Å². The Morgan fingerprint density at radius 2 is 1.86 bits per heavy atom. The first-order valence-corrected chi connectivity index (χ1v) is 6.87. The van der Waals surface area contributed by atoms with E-state index in [0.717, 1.165) is 6.07 Å². The van der Waals surface area contributed by atoms with E-state index in [4.69, 9.17) is 16.7 Å². The molecule has 2 aromatic carbocycles. The number of carboxylic acids is 1. The molecule has 0 heterocycles. The highest BCUT2D eigenvalue weighted by Crippen LogP contribution is 2.20. The summed E-state index contributed by atoms with van der Waals surface area (Å²) in [5.74, 6) is -2.13. The second kappa shape index (κ2) is 7.04. The second-order valence-electron chi connectivity index (χ2n) is 4.69. The lowest BCUT2D eigenvalue weighted by Gasteiger charge is -2.17. The fourth-order valence-electron chi connectivity index (χ4n) is 1.99. The van der Waals surface area contributed by atoms with Crippen molar-refractivity contribution in [1.29, 1.82) is 0 Å². The fraction of sp³-hybridized carbons (Fsp3) is 0.125. The summed E-state index contributed by atoms with van der Waals surface area (Å²) in [4.78, 5) is 23.1. The average Bonchev–Trinajstić information content (AvgIpc) is 2.47. The molecule has 6 heteroatoms. The van der Waals surface area contributed by atoms with E-state index in [9.17, 15) is 14.0 Å². The largest absolute Gasteiger partial charge is 0.481 e. The summed E-state index contributed by atoms with van der Waals surface area (Å²) in [6, 6.07) is 11.0. The molecule has 0 radical (unpaired) electrons. The van der Waals surface area contributed by atoms with Gasteiger partial charge in [0, 0.05) is 10.6 Å². The molecule has 0 aliphatic heterocycles. The zero-order valence-corrected chi connectivity index (χ0v) is 12.2. The Bertz CT molecular complexity index is 688. The Kier molecular flexibility index (Phi) is 5.12. The van der Waals surface area contributed by atoms with Gasteiger partial charge in [0.25, 0.3) is 5.91 Å². The van der Waals surface area contributed by atoms with Crippen LogP contribution in [0.2, 0.25) is 5.02 Å². The maximum absolute atomic E-state index is 13.2. The first-order valence-electron chi connectivity index (χ1n) is 6.49. The zero-order valence-electron chi connectivity index (χ0n) is 11.4. The Balaban J connectivity index is 2.21. The van der Waals surface area contributed by atoms with E-state index in [1.807, 2.05) is 0 Å². The zero-order chi connectivity index (χ0) is 16.1. The molecule has 22 heavy (non-hydrogen) atoms. The van der Waals surface area contributed by atoms with Crippen LogP contribution in [0.4, 0.5) is 4.39 Å². The van der Waals surface area contributed by atoms with Gasteiger partial charge in [-0.1, -0.05) is 29.8 Å². The monoisotopic (exact) mass is 321 g/mol. The van der Waals surface area contributed by atoms with Gasteiger partial charge in [-0.3, -0.25) is 9.59 Å². The van der Waals surface area contributed by atoms with Crippen LogP contribution in [0.25, 0.3) is 0 Å². The minimum atomic E-state index is -1.06. The lowest BCUT2D eigenvalue weighted by atomic mass is 10.0. The number of halogens is 2. The van der Waals surface area contributed by atoms with Gasteiger partial charge in [-0.05, 0) is 35.9 Å². The normalized spacial score (nSPS) is 11.7. The van der Waals surface area contributed by atoms with Crippen molar-refractivity contribution in [1.82, 2.24) is 5.32 Å². The number of rotatable bonds is 5. The van der Waals surface area contributed by atoms with Crippen LogP contribution in [0.15, 0.2) is 48.5 Å². The first kappa shape index (κ1) is 16.0. The van der Waals surface area contributed by atoms with Crippen molar-refractivity contribution < 1.29 is 19.1 Å². The van der Waals surface area contributed by atoms with Crippen LogP contribution in [-0.2, 0) is 4.79 Å². The van der Waals surface area contributed by atoms with Gasteiger partial charge in [-0.25, -0.2) is 4.39 Å². The lowest BCUT2D eigenvalue weighted by Crippen LogP contribution is -2.30. The van der Waals surface area contributed by atoms with E-state index in [1.165, 1.54) is 18.2 Å². The second-order valence-corrected chi connectivity index (χ2v) is 5.12. The number of carboxylic acid groups (broad SMARTS) is 1. The molecular formula is C16H13ClFNO3. The van der Waals surface area contributed by atoms with Gasteiger partial charge >= 0.3 is 5.97 Å². The summed E-state index contributed by atoms with van der Waals surface area (Å²) in [7, 11) is 0. The average molecular weight is 322 g/mol. The SMILES string of the molecule is O=C(O)C[C@@H](NC(=O)c1cccc(F)c1)c1ccc(Cl)cc1. The summed E-state index contributed by atoms with van der Waals surface area (Å²) in [5.41, 5.74) is 0.737. The molecule has 2 N–H and O–H groups in total. The minimum absolute atomic E-state index is 0.129. The molecule has 0 spiro atoms. The van der Waals surface area contributed by atoms with Crippen molar-refractivity contribution in [2.45, 2.75) is 12.5 Å². The molecule has 0 unspecified atom stereocenters. The van der Waals surface area contributed by atoms with E-state index >= 15 is 0 Å².